The average Bonchev–Trinajstić information content (AvgIpc) is 2.66. The Bertz CT molecular complexity index is 856. The summed E-state index contributed by atoms with van der Waals surface area (Å²) in [6, 6.07) is 11.5. The van der Waals surface area contributed by atoms with Crippen LogP contribution in [0.15, 0.2) is 42.5 Å². The number of rotatable bonds is 8. The van der Waals surface area contributed by atoms with Crippen LogP contribution in [0.1, 0.15) is 60.4 Å². The predicted molar refractivity (Wildman–Crippen MR) is 115 cm³/mol. The minimum atomic E-state index is -1.01. The van der Waals surface area contributed by atoms with Gasteiger partial charge in [0.15, 0.2) is 0 Å². The molecule has 0 aliphatic carbocycles. The molecule has 29 heavy (non-hydrogen) atoms. The lowest BCUT2D eigenvalue weighted by atomic mass is 9.86. The third kappa shape index (κ3) is 6.79. The molecule has 1 amide bonds. The van der Waals surface area contributed by atoms with Gasteiger partial charge in [-0.3, -0.25) is 4.79 Å². The number of ether oxygens (including phenoxy) is 1. The highest BCUT2D eigenvalue weighted by Gasteiger charge is 2.20. The summed E-state index contributed by atoms with van der Waals surface area (Å²) in [5.41, 5.74) is 1.59. The molecule has 1 atom stereocenters. The van der Waals surface area contributed by atoms with Gasteiger partial charge in [0.05, 0.1) is 12.2 Å². The Labute approximate surface area is 177 Å². The van der Waals surface area contributed by atoms with E-state index in [0.29, 0.717) is 23.7 Å². The minimum Gasteiger partial charge on any atom is -0.493 e. The van der Waals surface area contributed by atoms with Crippen LogP contribution in [0.5, 0.6) is 5.75 Å². The lowest BCUT2D eigenvalue weighted by Gasteiger charge is -2.24. The molecule has 0 aliphatic rings. The molecule has 6 heteroatoms. The van der Waals surface area contributed by atoms with E-state index in [1.807, 2.05) is 18.2 Å². The van der Waals surface area contributed by atoms with Gasteiger partial charge < -0.3 is 15.2 Å². The second kappa shape index (κ2) is 9.79. The van der Waals surface area contributed by atoms with E-state index < -0.39 is 5.97 Å². The van der Waals surface area contributed by atoms with Crippen molar-refractivity contribution in [2.75, 3.05) is 13.2 Å². The van der Waals surface area contributed by atoms with Gasteiger partial charge in [-0.2, -0.15) is 0 Å². The molecular weight excluding hydrogens is 390 g/mol. The highest BCUT2D eigenvalue weighted by molar-refractivity contribution is 6.30. The van der Waals surface area contributed by atoms with Crippen molar-refractivity contribution in [3.63, 3.8) is 0 Å². The van der Waals surface area contributed by atoms with Gasteiger partial charge in [-0.15, -0.1) is 0 Å². The molecule has 0 bridgehead atoms. The summed E-state index contributed by atoms with van der Waals surface area (Å²) in [6.07, 6.45) is 0.761. The number of benzene rings is 2. The van der Waals surface area contributed by atoms with Crippen molar-refractivity contribution in [2.45, 2.75) is 39.5 Å². The number of carbonyl (C=O) groups is 2. The summed E-state index contributed by atoms with van der Waals surface area (Å²) < 4.78 is 6.03. The lowest BCUT2D eigenvalue weighted by Crippen LogP contribution is -2.26. The smallest absolute Gasteiger partial charge is 0.335 e. The van der Waals surface area contributed by atoms with E-state index in [4.69, 9.17) is 21.4 Å². The second-order valence-corrected chi connectivity index (χ2v) is 8.67. The number of aromatic carboxylic acids is 1. The first kappa shape index (κ1) is 22.8. The fourth-order valence-electron chi connectivity index (χ4n) is 2.83. The molecule has 5 nitrogen and oxygen atoms in total. The molecule has 0 saturated heterocycles. The molecule has 0 saturated carbocycles. The van der Waals surface area contributed by atoms with E-state index in [1.54, 1.807) is 0 Å². The maximum Gasteiger partial charge on any atom is 0.335 e. The van der Waals surface area contributed by atoms with Crippen LogP contribution in [0.4, 0.5) is 0 Å². The summed E-state index contributed by atoms with van der Waals surface area (Å²) in [6.45, 7) is 9.47. The normalized spacial score (nSPS) is 12.3. The zero-order valence-corrected chi connectivity index (χ0v) is 18.0. The van der Waals surface area contributed by atoms with Crippen molar-refractivity contribution in [1.29, 1.82) is 0 Å². The second-order valence-electron chi connectivity index (χ2n) is 8.23. The lowest BCUT2D eigenvalue weighted by molar-refractivity contribution is 0.0696. The van der Waals surface area contributed by atoms with E-state index in [-0.39, 0.29) is 22.8 Å². The molecule has 156 valence electrons. The summed E-state index contributed by atoms with van der Waals surface area (Å²) in [5.74, 6) is -0.159. The monoisotopic (exact) mass is 417 g/mol. The van der Waals surface area contributed by atoms with Gasteiger partial charge in [0.2, 0.25) is 0 Å². The largest absolute Gasteiger partial charge is 0.493 e. The van der Waals surface area contributed by atoms with Crippen molar-refractivity contribution in [2.24, 2.45) is 5.92 Å². The molecule has 1 unspecified atom stereocenters. The van der Waals surface area contributed by atoms with Crippen LogP contribution < -0.4 is 10.1 Å². The summed E-state index contributed by atoms with van der Waals surface area (Å²) in [7, 11) is 0. The molecule has 2 N–H and O–H groups in total. The quantitative estimate of drug-likeness (QED) is 0.621. The maximum atomic E-state index is 12.2. The summed E-state index contributed by atoms with van der Waals surface area (Å²) in [5, 5.41) is 12.5. The van der Waals surface area contributed by atoms with Crippen molar-refractivity contribution in [3.05, 3.63) is 64.2 Å². The van der Waals surface area contributed by atoms with E-state index >= 15 is 0 Å². The Morgan fingerprint density at radius 2 is 1.72 bits per heavy atom. The van der Waals surface area contributed by atoms with E-state index in [0.717, 1.165) is 17.7 Å². The van der Waals surface area contributed by atoms with Crippen molar-refractivity contribution in [3.8, 4) is 5.75 Å². The molecule has 0 spiro atoms. The van der Waals surface area contributed by atoms with Crippen LogP contribution in [0.2, 0.25) is 5.02 Å². The maximum absolute atomic E-state index is 12.2. The molecule has 0 heterocycles. The first-order valence-electron chi connectivity index (χ1n) is 9.62. The summed E-state index contributed by atoms with van der Waals surface area (Å²) in [4.78, 5) is 23.0. The molecule has 2 aromatic carbocycles. The van der Waals surface area contributed by atoms with Gasteiger partial charge in [-0.1, -0.05) is 39.3 Å². The Kier molecular flexibility index (Phi) is 7.68. The zero-order chi connectivity index (χ0) is 21.6. The number of nitrogens with one attached hydrogen (secondary N) is 1. The van der Waals surface area contributed by atoms with Gasteiger partial charge in [0.25, 0.3) is 5.91 Å². The van der Waals surface area contributed by atoms with Crippen LogP contribution in [0, 0.1) is 5.92 Å². The number of hydrogen-bond acceptors (Lipinski definition) is 3. The fraction of sp³-hybridized carbons (Fsp3) is 0.391. The third-order valence-corrected chi connectivity index (χ3v) is 4.82. The predicted octanol–water partition coefficient (Wildman–Crippen LogP) is 5.17. The molecule has 0 aliphatic heterocycles. The van der Waals surface area contributed by atoms with Crippen LogP contribution in [0.25, 0.3) is 0 Å². The first-order valence-corrected chi connectivity index (χ1v) is 10.00. The highest BCUT2D eigenvalue weighted by Crippen LogP contribution is 2.33. The average molecular weight is 418 g/mol. The Morgan fingerprint density at radius 1 is 1.10 bits per heavy atom. The Hall–Kier alpha value is -2.53. The van der Waals surface area contributed by atoms with Gasteiger partial charge in [-0.25, -0.2) is 4.79 Å². The number of hydrogen-bond donors (Lipinski definition) is 2. The number of amides is 1. The molecule has 2 aromatic rings. The van der Waals surface area contributed by atoms with E-state index in [9.17, 15) is 9.59 Å². The van der Waals surface area contributed by atoms with E-state index in [1.165, 1.54) is 24.3 Å². The van der Waals surface area contributed by atoms with Crippen LogP contribution in [-0.2, 0) is 5.41 Å². The number of halogens is 1. The number of carboxylic acid groups (broad SMARTS) is 1. The first-order chi connectivity index (χ1) is 13.6. The molecule has 2 rings (SSSR count). The molecule has 0 aromatic heterocycles. The van der Waals surface area contributed by atoms with Gasteiger partial charge in [0.1, 0.15) is 5.75 Å². The topological polar surface area (TPSA) is 75.6 Å². The molecule has 0 fully saturated rings. The fourth-order valence-corrected chi connectivity index (χ4v) is 3.00. The minimum absolute atomic E-state index is 0.0758. The van der Waals surface area contributed by atoms with Crippen molar-refractivity contribution < 1.29 is 19.4 Å². The van der Waals surface area contributed by atoms with Gasteiger partial charge >= 0.3 is 5.97 Å². The van der Waals surface area contributed by atoms with Crippen LogP contribution in [-0.4, -0.2) is 30.1 Å². The molecular formula is C23H28ClNO4. The van der Waals surface area contributed by atoms with Crippen LogP contribution in [0.3, 0.4) is 0 Å². The number of carboxylic acids is 1. The third-order valence-electron chi connectivity index (χ3n) is 4.59. The van der Waals surface area contributed by atoms with Crippen molar-refractivity contribution >= 4 is 23.5 Å². The Morgan fingerprint density at radius 3 is 2.31 bits per heavy atom. The highest BCUT2D eigenvalue weighted by atomic mass is 35.5. The van der Waals surface area contributed by atoms with Crippen LogP contribution >= 0.6 is 11.6 Å². The summed E-state index contributed by atoms with van der Waals surface area (Å²) >= 11 is 6.13. The number of carbonyl (C=O) groups excluding carboxylic acids is 1. The Balaban J connectivity index is 1.82. The standard InChI is InChI=1S/C23H28ClNO4/c1-15(14-29-20-10-9-18(24)13-19(20)23(2,3)4)11-12-25-21(26)16-5-7-17(8-6-16)22(27)28/h5-10,13,15H,11-12,14H2,1-4H3,(H,25,26)(H,27,28). The molecule has 0 radical (unpaired) electrons. The SMILES string of the molecule is CC(CCNC(=O)c1ccc(C(=O)O)cc1)COc1ccc(Cl)cc1C(C)(C)C. The van der Waals surface area contributed by atoms with Gasteiger partial charge in [0, 0.05) is 22.7 Å². The van der Waals surface area contributed by atoms with E-state index in [2.05, 4.69) is 33.0 Å². The zero-order valence-electron chi connectivity index (χ0n) is 17.3. The van der Waals surface area contributed by atoms with Crippen molar-refractivity contribution in [1.82, 2.24) is 5.32 Å². The van der Waals surface area contributed by atoms with Gasteiger partial charge in [-0.05, 0) is 60.2 Å².